The van der Waals surface area contributed by atoms with Gasteiger partial charge in [0.05, 0.1) is 29.5 Å². The average Bonchev–Trinajstić information content (AvgIpc) is 2.95. The van der Waals surface area contributed by atoms with Gasteiger partial charge >= 0.3 is 6.36 Å². The zero-order chi connectivity index (χ0) is 29.6. The number of aromatic nitrogens is 1. The molecule has 0 saturated carbocycles. The number of rotatable bonds is 10. The second kappa shape index (κ2) is 12.8. The number of nitrogens with one attached hydrogen (secondary N) is 2. The van der Waals surface area contributed by atoms with Gasteiger partial charge in [-0.1, -0.05) is 18.2 Å². The predicted molar refractivity (Wildman–Crippen MR) is 147 cm³/mol. The highest BCUT2D eigenvalue weighted by atomic mass is 35.5. The van der Waals surface area contributed by atoms with Crippen molar-refractivity contribution in [1.82, 2.24) is 15.6 Å². The smallest absolute Gasteiger partial charge is 0.406 e. The normalized spacial score (nSPS) is 13.9. The highest BCUT2D eigenvalue weighted by Gasteiger charge is 2.31. The largest absolute Gasteiger partial charge is 0.573 e. The van der Waals surface area contributed by atoms with Crippen molar-refractivity contribution in [2.24, 2.45) is 0 Å². The summed E-state index contributed by atoms with van der Waals surface area (Å²) in [5.41, 5.74) is 1.52. The van der Waals surface area contributed by atoms with Crippen LogP contribution in [-0.4, -0.2) is 57.9 Å². The van der Waals surface area contributed by atoms with E-state index in [2.05, 4.69) is 26.9 Å². The van der Waals surface area contributed by atoms with Crippen molar-refractivity contribution in [3.63, 3.8) is 0 Å². The van der Waals surface area contributed by atoms with Gasteiger partial charge in [0, 0.05) is 30.2 Å². The van der Waals surface area contributed by atoms with Crippen molar-refractivity contribution in [2.75, 3.05) is 37.1 Å². The van der Waals surface area contributed by atoms with Crippen LogP contribution in [0.3, 0.4) is 0 Å². The molecule has 1 fully saturated rings. The standard InChI is InChI=1S/C27H26ClF3N4O5S/c1-18(33-17-41(37,38)23-8-4-21(28)5-9-23)26(36)32-16-19-14-24(34-25(15-19)35-10-12-39-13-11-35)20-2-6-22(7-3-20)40-27(29,30)31/h2-9,14-15,33H,1,10-13,16-17H2,(H,32,36). The van der Waals surface area contributed by atoms with Crippen LogP contribution in [0.4, 0.5) is 19.0 Å². The average molecular weight is 611 g/mol. The summed E-state index contributed by atoms with van der Waals surface area (Å²) in [6.07, 6.45) is -4.81. The van der Waals surface area contributed by atoms with E-state index in [1.165, 1.54) is 48.5 Å². The Morgan fingerprint density at radius 2 is 1.71 bits per heavy atom. The first-order valence-electron chi connectivity index (χ1n) is 12.3. The summed E-state index contributed by atoms with van der Waals surface area (Å²) in [5.74, 6) is -0.912. The summed E-state index contributed by atoms with van der Waals surface area (Å²) in [5, 5.41) is 5.63. The molecule has 9 nitrogen and oxygen atoms in total. The van der Waals surface area contributed by atoms with Crippen molar-refractivity contribution < 1.29 is 35.9 Å². The summed E-state index contributed by atoms with van der Waals surface area (Å²) in [7, 11) is -3.75. The maximum absolute atomic E-state index is 12.7. The van der Waals surface area contributed by atoms with Gasteiger partial charge in [0.2, 0.25) is 0 Å². The van der Waals surface area contributed by atoms with Crippen molar-refractivity contribution in [1.29, 1.82) is 0 Å². The topological polar surface area (TPSA) is 110 Å². The summed E-state index contributed by atoms with van der Waals surface area (Å²) >= 11 is 5.81. The highest BCUT2D eigenvalue weighted by molar-refractivity contribution is 7.91. The number of amides is 1. The van der Waals surface area contributed by atoms with Gasteiger partial charge in [0.15, 0.2) is 9.84 Å². The molecule has 0 radical (unpaired) electrons. The number of pyridine rings is 1. The molecule has 1 aliphatic heterocycles. The van der Waals surface area contributed by atoms with Crippen molar-refractivity contribution in [3.8, 4) is 17.0 Å². The summed E-state index contributed by atoms with van der Waals surface area (Å²) in [6, 6.07) is 14.4. The monoisotopic (exact) mass is 610 g/mol. The number of nitrogens with zero attached hydrogens (tertiary/aromatic N) is 2. The molecule has 2 N–H and O–H groups in total. The first-order valence-corrected chi connectivity index (χ1v) is 14.3. The van der Waals surface area contributed by atoms with Gasteiger partial charge in [-0.3, -0.25) is 4.79 Å². The van der Waals surface area contributed by atoms with Crippen LogP contribution < -0.4 is 20.3 Å². The molecule has 1 saturated heterocycles. The number of anilines is 1. The quantitative estimate of drug-likeness (QED) is 0.327. The maximum atomic E-state index is 12.7. The van der Waals surface area contributed by atoms with E-state index in [1.54, 1.807) is 12.1 Å². The fourth-order valence-electron chi connectivity index (χ4n) is 3.88. The molecule has 41 heavy (non-hydrogen) atoms. The molecular weight excluding hydrogens is 585 g/mol. The van der Waals surface area contributed by atoms with Crippen molar-refractivity contribution in [2.45, 2.75) is 17.8 Å². The molecule has 14 heteroatoms. The molecule has 0 spiro atoms. The van der Waals surface area contributed by atoms with Crippen LogP contribution in [0.1, 0.15) is 5.56 Å². The number of halogens is 4. The van der Waals surface area contributed by atoms with E-state index in [-0.39, 0.29) is 22.9 Å². The van der Waals surface area contributed by atoms with Gasteiger partial charge in [0.1, 0.15) is 17.4 Å². The lowest BCUT2D eigenvalue weighted by atomic mass is 10.1. The van der Waals surface area contributed by atoms with Crippen molar-refractivity contribution >= 4 is 33.2 Å². The lowest BCUT2D eigenvalue weighted by Gasteiger charge is -2.28. The number of hydrogen-bond donors (Lipinski definition) is 2. The number of benzene rings is 2. The minimum atomic E-state index is -4.81. The number of hydrogen-bond acceptors (Lipinski definition) is 8. The van der Waals surface area contributed by atoms with Gasteiger partial charge in [-0.05, 0) is 66.2 Å². The molecule has 0 aliphatic carbocycles. The number of alkyl halides is 3. The first-order chi connectivity index (χ1) is 19.4. The number of ether oxygens (including phenoxy) is 2. The van der Waals surface area contributed by atoms with Crippen LogP contribution in [0.15, 0.2) is 77.8 Å². The highest BCUT2D eigenvalue weighted by Crippen LogP contribution is 2.28. The van der Waals surface area contributed by atoms with Crippen LogP contribution in [0.2, 0.25) is 5.02 Å². The molecule has 218 valence electrons. The van der Waals surface area contributed by atoms with Gasteiger partial charge in [0.25, 0.3) is 5.91 Å². The third kappa shape index (κ3) is 8.59. The third-order valence-corrected chi connectivity index (χ3v) is 7.73. The van der Waals surface area contributed by atoms with Crippen LogP contribution in [0.25, 0.3) is 11.3 Å². The fraction of sp³-hybridized carbons (Fsp3) is 0.259. The fourth-order valence-corrected chi connectivity index (χ4v) is 5.09. The van der Waals surface area contributed by atoms with Crippen LogP contribution in [-0.2, 0) is 25.9 Å². The van der Waals surface area contributed by atoms with E-state index < -0.39 is 28.0 Å². The molecule has 1 amide bonds. The van der Waals surface area contributed by atoms with E-state index in [0.717, 1.165) is 0 Å². The maximum Gasteiger partial charge on any atom is 0.573 e. The Bertz CT molecular complexity index is 1490. The Hall–Kier alpha value is -3.81. The second-order valence-corrected chi connectivity index (χ2v) is 11.4. The Morgan fingerprint density at radius 3 is 2.34 bits per heavy atom. The molecule has 3 aromatic rings. The molecular formula is C27H26ClF3N4O5S. The molecule has 0 unspecified atom stereocenters. The number of carbonyl (C=O) groups excluding carboxylic acids is 1. The van der Waals surface area contributed by atoms with Gasteiger partial charge < -0.3 is 25.0 Å². The summed E-state index contributed by atoms with van der Waals surface area (Å²) in [6.45, 7) is 5.86. The Labute approximate surface area is 239 Å². The number of carbonyl (C=O) groups is 1. The van der Waals surface area contributed by atoms with Crippen LogP contribution in [0.5, 0.6) is 5.75 Å². The van der Waals surface area contributed by atoms with E-state index in [0.29, 0.717) is 54.0 Å². The van der Waals surface area contributed by atoms with E-state index in [9.17, 15) is 26.4 Å². The van der Waals surface area contributed by atoms with Gasteiger partial charge in [-0.2, -0.15) is 0 Å². The van der Waals surface area contributed by atoms with Crippen LogP contribution >= 0.6 is 11.6 Å². The Balaban J connectivity index is 1.45. The Kier molecular flexibility index (Phi) is 9.41. The lowest BCUT2D eigenvalue weighted by Crippen LogP contribution is -2.37. The molecule has 1 aliphatic rings. The second-order valence-electron chi connectivity index (χ2n) is 8.94. The number of sulfone groups is 1. The SMILES string of the molecule is C=C(NCS(=O)(=O)c1ccc(Cl)cc1)C(=O)NCc1cc(-c2ccc(OC(F)(F)F)cc2)nc(N2CCOCC2)c1. The molecule has 4 rings (SSSR count). The van der Waals surface area contributed by atoms with E-state index >= 15 is 0 Å². The minimum absolute atomic E-state index is 0.0422. The molecule has 1 aromatic heterocycles. The van der Waals surface area contributed by atoms with E-state index in [1.807, 2.05) is 4.90 Å². The van der Waals surface area contributed by atoms with Gasteiger partial charge in [-0.15, -0.1) is 13.2 Å². The molecule has 0 bridgehead atoms. The zero-order valence-corrected chi connectivity index (χ0v) is 23.2. The lowest BCUT2D eigenvalue weighted by molar-refractivity contribution is -0.274. The van der Waals surface area contributed by atoms with E-state index in [4.69, 9.17) is 16.3 Å². The predicted octanol–water partition coefficient (Wildman–Crippen LogP) is 4.29. The summed E-state index contributed by atoms with van der Waals surface area (Å²) < 4.78 is 72.1. The Morgan fingerprint density at radius 1 is 1.05 bits per heavy atom. The zero-order valence-electron chi connectivity index (χ0n) is 21.6. The first kappa shape index (κ1) is 30.2. The number of morpholine rings is 1. The molecule has 2 aromatic carbocycles. The summed E-state index contributed by atoms with van der Waals surface area (Å²) in [4.78, 5) is 19.4. The molecule has 0 atom stereocenters. The third-order valence-electron chi connectivity index (χ3n) is 5.97. The van der Waals surface area contributed by atoms with Crippen LogP contribution in [0, 0.1) is 0 Å². The molecule has 2 heterocycles. The minimum Gasteiger partial charge on any atom is -0.406 e. The van der Waals surface area contributed by atoms with Gasteiger partial charge in [-0.25, -0.2) is 13.4 Å². The van der Waals surface area contributed by atoms with Crippen molar-refractivity contribution in [3.05, 3.63) is 83.5 Å².